The number of hydrogen-bond donors (Lipinski definition) is 0. The zero-order valence-electron chi connectivity index (χ0n) is 16.0. The molecule has 0 spiro atoms. The van der Waals surface area contributed by atoms with E-state index < -0.39 is 10.0 Å². The lowest BCUT2D eigenvalue weighted by Gasteiger charge is -2.32. The van der Waals surface area contributed by atoms with E-state index in [1.807, 2.05) is 38.1 Å². The number of aryl methyl sites for hydroxylation is 2. The van der Waals surface area contributed by atoms with Crippen LogP contribution in [0.25, 0.3) is 10.9 Å². The predicted octanol–water partition coefficient (Wildman–Crippen LogP) is 3.04. The lowest BCUT2D eigenvalue weighted by Crippen LogP contribution is -2.40. The van der Waals surface area contributed by atoms with Gasteiger partial charge in [-0.1, -0.05) is 18.2 Å². The molecule has 0 atom stereocenters. The third kappa shape index (κ3) is 3.25. The third-order valence-electron chi connectivity index (χ3n) is 5.62. The maximum Gasteiger partial charge on any atom is 0.261 e. The van der Waals surface area contributed by atoms with Gasteiger partial charge in [-0.2, -0.15) is 4.31 Å². The highest BCUT2D eigenvalue weighted by atomic mass is 32.2. The summed E-state index contributed by atoms with van der Waals surface area (Å²) in [7, 11) is -3.52. The quantitative estimate of drug-likeness (QED) is 0.681. The Morgan fingerprint density at radius 2 is 1.71 bits per heavy atom. The summed E-state index contributed by atoms with van der Waals surface area (Å²) in [6.07, 6.45) is 2.76. The highest BCUT2D eigenvalue weighted by molar-refractivity contribution is 7.89. The van der Waals surface area contributed by atoms with Crippen molar-refractivity contribution in [2.24, 2.45) is 0 Å². The minimum atomic E-state index is -3.52. The van der Waals surface area contributed by atoms with Crippen molar-refractivity contribution >= 4 is 20.9 Å². The number of para-hydroxylation sites is 1. The molecule has 0 N–H and O–H groups in total. The number of benzene rings is 2. The minimum absolute atomic E-state index is 0.0455. The molecule has 1 saturated heterocycles. The van der Waals surface area contributed by atoms with Crippen LogP contribution in [0.1, 0.15) is 30.0 Å². The fourth-order valence-corrected chi connectivity index (χ4v) is 5.28. The van der Waals surface area contributed by atoms with E-state index in [1.165, 1.54) is 4.31 Å². The summed E-state index contributed by atoms with van der Waals surface area (Å²) in [6.45, 7) is 4.66. The summed E-state index contributed by atoms with van der Waals surface area (Å²) in [6, 6.07) is 12.5. The first kappa shape index (κ1) is 18.8. The summed E-state index contributed by atoms with van der Waals surface area (Å²) in [5.41, 5.74) is 2.64. The van der Waals surface area contributed by atoms with E-state index >= 15 is 0 Å². The van der Waals surface area contributed by atoms with Crippen molar-refractivity contribution < 1.29 is 8.42 Å². The molecule has 2 aromatic carbocycles. The van der Waals surface area contributed by atoms with E-state index in [4.69, 9.17) is 0 Å². The Bertz CT molecular complexity index is 1190. The zero-order chi connectivity index (χ0) is 19.9. The highest BCUT2D eigenvalue weighted by Crippen LogP contribution is 2.27. The summed E-state index contributed by atoms with van der Waals surface area (Å²) in [5.74, 6) is 0. The smallest absolute Gasteiger partial charge is 0.261 e. The topological polar surface area (TPSA) is 72.3 Å². The monoisotopic (exact) mass is 397 g/mol. The molecule has 0 bridgehead atoms. The average molecular weight is 398 g/mol. The first-order chi connectivity index (χ1) is 13.4. The number of piperidine rings is 1. The molecule has 0 saturated carbocycles. The molecule has 28 heavy (non-hydrogen) atoms. The lowest BCUT2D eigenvalue weighted by molar-refractivity contribution is 0.269. The van der Waals surface area contributed by atoms with Crippen molar-refractivity contribution in [3.05, 3.63) is 70.3 Å². The lowest BCUT2D eigenvalue weighted by atomic mass is 10.1. The molecule has 1 aliphatic rings. The van der Waals surface area contributed by atoms with Gasteiger partial charge in [0.25, 0.3) is 5.56 Å². The van der Waals surface area contributed by atoms with Crippen molar-refractivity contribution in [3.8, 4) is 0 Å². The van der Waals surface area contributed by atoms with Gasteiger partial charge in [0.2, 0.25) is 10.0 Å². The Balaban J connectivity index is 1.55. The third-order valence-corrected chi connectivity index (χ3v) is 7.52. The SMILES string of the molecule is Cc1ccc(S(=O)(=O)N2CCC(n3cnc4ccccc4c3=O)CC2)cc1C. The minimum Gasteiger partial charge on any atom is -0.296 e. The van der Waals surface area contributed by atoms with Gasteiger partial charge in [-0.05, 0) is 62.1 Å². The van der Waals surface area contributed by atoms with Gasteiger partial charge in [0.1, 0.15) is 0 Å². The van der Waals surface area contributed by atoms with Crippen LogP contribution in [0, 0.1) is 13.8 Å². The fraction of sp³-hybridized carbons (Fsp3) is 0.333. The number of aromatic nitrogens is 2. The zero-order valence-corrected chi connectivity index (χ0v) is 16.8. The number of fused-ring (bicyclic) bond motifs is 1. The van der Waals surface area contributed by atoms with Crippen LogP contribution in [-0.4, -0.2) is 35.4 Å². The molecule has 6 nitrogen and oxygen atoms in total. The second kappa shape index (κ2) is 7.14. The van der Waals surface area contributed by atoms with Gasteiger partial charge in [0, 0.05) is 19.1 Å². The van der Waals surface area contributed by atoms with Crippen LogP contribution in [0.2, 0.25) is 0 Å². The predicted molar refractivity (Wildman–Crippen MR) is 109 cm³/mol. The molecule has 0 radical (unpaired) electrons. The average Bonchev–Trinajstić information content (AvgIpc) is 2.70. The highest BCUT2D eigenvalue weighted by Gasteiger charge is 2.30. The van der Waals surface area contributed by atoms with Crippen molar-refractivity contribution in [1.82, 2.24) is 13.9 Å². The second-order valence-electron chi connectivity index (χ2n) is 7.36. The van der Waals surface area contributed by atoms with Gasteiger partial charge < -0.3 is 0 Å². The maximum atomic E-state index is 13.0. The van der Waals surface area contributed by atoms with Gasteiger partial charge in [-0.3, -0.25) is 9.36 Å². The van der Waals surface area contributed by atoms with Crippen molar-refractivity contribution in [1.29, 1.82) is 0 Å². The Kier molecular flexibility index (Phi) is 4.81. The van der Waals surface area contributed by atoms with Crippen molar-refractivity contribution in [2.75, 3.05) is 13.1 Å². The Morgan fingerprint density at radius 1 is 1.00 bits per heavy atom. The molecule has 1 aromatic heterocycles. The van der Waals surface area contributed by atoms with E-state index in [9.17, 15) is 13.2 Å². The number of rotatable bonds is 3. The Morgan fingerprint density at radius 3 is 2.43 bits per heavy atom. The van der Waals surface area contributed by atoms with Gasteiger partial charge in [-0.15, -0.1) is 0 Å². The van der Waals surface area contributed by atoms with Crippen molar-refractivity contribution in [3.63, 3.8) is 0 Å². The van der Waals surface area contributed by atoms with Crippen LogP contribution >= 0.6 is 0 Å². The Hall–Kier alpha value is -2.51. The van der Waals surface area contributed by atoms with E-state index in [0.29, 0.717) is 41.7 Å². The molecular formula is C21H23N3O3S. The van der Waals surface area contributed by atoms with Gasteiger partial charge >= 0.3 is 0 Å². The van der Waals surface area contributed by atoms with Crippen LogP contribution in [0.5, 0.6) is 0 Å². The summed E-state index contributed by atoms with van der Waals surface area (Å²) in [5, 5.41) is 0.593. The molecule has 0 aliphatic carbocycles. The van der Waals surface area contributed by atoms with Crippen molar-refractivity contribution in [2.45, 2.75) is 37.6 Å². The first-order valence-corrected chi connectivity index (χ1v) is 10.9. The van der Waals surface area contributed by atoms with E-state index in [1.54, 1.807) is 29.1 Å². The number of hydrogen-bond acceptors (Lipinski definition) is 4. The molecule has 3 aromatic rings. The summed E-state index contributed by atoms with van der Waals surface area (Å²) in [4.78, 5) is 17.5. The van der Waals surface area contributed by atoms with Gasteiger partial charge in [-0.25, -0.2) is 13.4 Å². The normalized spacial score (nSPS) is 16.5. The number of sulfonamides is 1. The van der Waals surface area contributed by atoms with Crippen LogP contribution in [-0.2, 0) is 10.0 Å². The van der Waals surface area contributed by atoms with Crippen LogP contribution in [0.15, 0.2) is 58.5 Å². The molecule has 0 unspecified atom stereocenters. The van der Waals surface area contributed by atoms with E-state index in [0.717, 1.165) is 11.1 Å². The fourth-order valence-electron chi connectivity index (χ4n) is 3.73. The van der Waals surface area contributed by atoms with Crippen LogP contribution < -0.4 is 5.56 Å². The molecule has 0 amide bonds. The number of nitrogens with zero attached hydrogens (tertiary/aromatic N) is 3. The maximum absolute atomic E-state index is 13.0. The van der Waals surface area contributed by atoms with Gasteiger partial charge in [0.15, 0.2) is 0 Å². The van der Waals surface area contributed by atoms with E-state index in [2.05, 4.69) is 4.98 Å². The molecular weight excluding hydrogens is 374 g/mol. The first-order valence-electron chi connectivity index (χ1n) is 9.41. The molecule has 1 aliphatic heterocycles. The summed E-state index contributed by atoms with van der Waals surface area (Å²) >= 11 is 0. The standard InChI is InChI=1S/C21H23N3O3S/c1-15-7-8-18(13-16(15)2)28(26,27)23-11-9-17(10-12-23)24-14-22-20-6-4-3-5-19(20)21(24)25/h3-8,13-14,17H,9-12H2,1-2H3. The molecule has 1 fully saturated rings. The molecule has 146 valence electrons. The Labute approximate surface area is 164 Å². The van der Waals surface area contributed by atoms with Gasteiger partial charge in [0.05, 0.1) is 22.1 Å². The summed E-state index contributed by atoms with van der Waals surface area (Å²) < 4.78 is 29.1. The largest absolute Gasteiger partial charge is 0.296 e. The molecule has 2 heterocycles. The van der Waals surface area contributed by atoms with Crippen LogP contribution in [0.3, 0.4) is 0 Å². The second-order valence-corrected chi connectivity index (χ2v) is 9.29. The van der Waals surface area contributed by atoms with E-state index in [-0.39, 0.29) is 11.6 Å². The van der Waals surface area contributed by atoms with Crippen LogP contribution in [0.4, 0.5) is 0 Å². The molecule has 4 rings (SSSR count). The molecule has 7 heteroatoms.